The number of methoxy groups -OCH3 is 1. The highest BCUT2D eigenvalue weighted by molar-refractivity contribution is 5.82. The average molecular weight is 444 g/mol. The van der Waals surface area contributed by atoms with Gasteiger partial charge in [-0.1, -0.05) is 6.07 Å². The zero-order valence-corrected chi connectivity index (χ0v) is 19.5. The predicted molar refractivity (Wildman–Crippen MR) is 126 cm³/mol. The van der Waals surface area contributed by atoms with Crippen molar-refractivity contribution in [3.8, 4) is 5.75 Å². The maximum Gasteiger partial charge on any atom is 0.251 e. The second kappa shape index (κ2) is 10.9. The van der Waals surface area contributed by atoms with Gasteiger partial charge in [-0.3, -0.25) is 9.79 Å². The van der Waals surface area contributed by atoms with Crippen molar-refractivity contribution in [3.63, 3.8) is 0 Å². The summed E-state index contributed by atoms with van der Waals surface area (Å²) in [5.41, 5.74) is 1.22. The monoisotopic (exact) mass is 443 g/mol. The molecular formula is C24H37N5O3. The molecule has 0 spiro atoms. The Morgan fingerprint density at radius 2 is 2.00 bits per heavy atom. The summed E-state index contributed by atoms with van der Waals surface area (Å²) in [7, 11) is 1.71. The van der Waals surface area contributed by atoms with Gasteiger partial charge in [-0.05, 0) is 44.2 Å². The number of guanidine groups is 1. The maximum absolute atomic E-state index is 12.6. The molecule has 0 bridgehead atoms. The Kier molecular flexibility index (Phi) is 7.73. The van der Waals surface area contributed by atoms with Gasteiger partial charge in [0.1, 0.15) is 11.9 Å². The number of hydrogen-bond donors (Lipinski definition) is 1. The van der Waals surface area contributed by atoms with Gasteiger partial charge in [0.2, 0.25) is 0 Å². The maximum atomic E-state index is 12.6. The quantitative estimate of drug-likeness (QED) is 0.534. The van der Waals surface area contributed by atoms with E-state index in [0.29, 0.717) is 12.5 Å². The molecule has 3 aliphatic rings. The lowest BCUT2D eigenvalue weighted by Crippen LogP contribution is -2.55. The topological polar surface area (TPSA) is 69.6 Å². The highest BCUT2D eigenvalue weighted by atomic mass is 16.5. The molecule has 1 aromatic rings. The molecule has 2 atom stereocenters. The first-order valence-corrected chi connectivity index (χ1v) is 12.0. The number of rotatable bonds is 6. The van der Waals surface area contributed by atoms with Crippen LogP contribution in [-0.2, 0) is 9.53 Å². The molecule has 1 amide bonds. The van der Waals surface area contributed by atoms with Crippen LogP contribution in [0.25, 0.3) is 0 Å². The number of nitrogens with one attached hydrogen (secondary N) is 1. The Labute approximate surface area is 191 Å². The van der Waals surface area contributed by atoms with Crippen molar-refractivity contribution in [3.05, 3.63) is 24.3 Å². The largest absolute Gasteiger partial charge is 0.497 e. The van der Waals surface area contributed by atoms with Gasteiger partial charge in [-0.25, -0.2) is 0 Å². The number of aliphatic imine (C=N–C) groups is 1. The van der Waals surface area contributed by atoms with E-state index in [-0.39, 0.29) is 12.0 Å². The third-order valence-electron chi connectivity index (χ3n) is 6.63. The average Bonchev–Trinajstić information content (AvgIpc) is 3.54. The molecule has 3 saturated heterocycles. The summed E-state index contributed by atoms with van der Waals surface area (Å²) < 4.78 is 10.9. The second-order valence-electron chi connectivity index (χ2n) is 8.81. The number of ether oxygens (including phenoxy) is 2. The summed E-state index contributed by atoms with van der Waals surface area (Å²) in [6, 6.07) is 8.28. The molecule has 0 aliphatic carbocycles. The first-order valence-electron chi connectivity index (χ1n) is 12.0. The molecule has 0 saturated carbocycles. The minimum atomic E-state index is -0.224. The van der Waals surface area contributed by atoms with Crippen LogP contribution in [0.3, 0.4) is 0 Å². The molecule has 3 aliphatic heterocycles. The lowest BCUT2D eigenvalue weighted by molar-refractivity contribution is -0.142. The number of anilines is 1. The summed E-state index contributed by atoms with van der Waals surface area (Å²) in [5, 5.41) is 3.45. The third-order valence-corrected chi connectivity index (χ3v) is 6.63. The third kappa shape index (κ3) is 5.46. The SMILES string of the molecule is CCNC(=NCC1CCN(c2cccc(OC)c2)C1)N1CCN(C(=O)C2CCCO2)CC1. The fraction of sp³-hybridized carbons (Fsp3) is 0.667. The van der Waals surface area contributed by atoms with E-state index in [4.69, 9.17) is 14.5 Å². The molecule has 2 unspecified atom stereocenters. The lowest BCUT2D eigenvalue weighted by atomic mass is 10.1. The summed E-state index contributed by atoms with van der Waals surface area (Å²) in [4.78, 5) is 24.3. The summed E-state index contributed by atoms with van der Waals surface area (Å²) >= 11 is 0. The van der Waals surface area contributed by atoms with Gasteiger partial charge in [-0.2, -0.15) is 0 Å². The molecule has 32 heavy (non-hydrogen) atoms. The van der Waals surface area contributed by atoms with E-state index in [9.17, 15) is 4.79 Å². The number of piperazine rings is 1. The molecule has 176 valence electrons. The number of benzene rings is 1. The van der Waals surface area contributed by atoms with Crippen molar-refractivity contribution < 1.29 is 14.3 Å². The molecular weight excluding hydrogens is 406 g/mol. The van der Waals surface area contributed by atoms with Crippen LogP contribution < -0.4 is 15.0 Å². The first kappa shape index (κ1) is 22.7. The molecule has 0 radical (unpaired) electrons. The molecule has 8 nitrogen and oxygen atoms in total. The smallest absolute Gasteiger partial charge is 0.251 e. The number of hydrogen-bond acceptors (Lipinski definition) is 5. The Hall–Kier alpha value is -2.48. The van der Waals surface area contributed by atoms with E-state index < -0.39 is 0 Å². The zero-order chi connectivity index (χ0) is 22.3. The van der Waals surface area contributed by atoms with Crippen LogP contribution >= 0.6 is 0 Å². The van der Waals surface area contributed by atoms with E-state index in [0.717, 1.165) is 83.3 Å². The van der Waals surface area contributed by atoms with Crippen LogP contribution in [0.5, 0.6) is 5.75 Å². The van der Waals surface area contributed by atoms with Crippen LogP contribution in [0, 0.1) is 5.92 Å². The van der Waals surface area contributed by atoms with Crippen LogP contribution in [0.1, 0.15) is 26.2 Å². The minimum Gasteiger partial charge on any atom is -0.497 e. The standard InChI is InChI=1S/C24H37N5O3/c1-3-25-24(28-13-11-27(12-14-28)23(30)22-8-5-15-32-22)26-17-19-9-10-29(18-19)20-6-4-7-21(16-20)31-2/h4,6-7,16,19,22H,3,5,8-15,17-18H2,1-2H3,(H,25,26). The van der Waals surface area contributed by atoms with Crippen molar-refractivity contribution in [2.24, 2.45) is 10.9 Å². The Morgan fingerprint density at radius 1 is 1.19 bits per heavy atom. The number of nitrogens with zero attached hydrogens (tertiary/aromatic N) is 4. The van der Waals surface area contributed by atoms with Gasteiger partial charge in [0.05, 0.1) is 7.11 Å². The van der Waals surface area contributed by atoms with Crippen molar-refractivity contribution in [2.45, 2.75) is 32.3 Å². The fourth-order valence-corrected chi connectivity index (χ4v) is 4.78. The number of carbonyl (C=O) groups excluding carboxylic acids is 1. The minimum absolute atomic E-state index is 0.160. The van der Waals surface area contributed by atoms with Crippen LogP contribution in [0.4, 0.5) is 5.69 Å². The van der Waals surface area contributed by atoms with Gasteiger partial charge in [-0.15, -0.1) is 0 Å². The molecule has 0 aromatic heterocycles. The molecule has 3 fully saturated rings. The van der Waals surface area contributed by atoms with Crippen molar-refractivity contribution in [2.75, 3.05) is 71.0 Å². The van der Waals surface area contributed by atoms with Gasteiger partial charge in [0.25, 0.3) is 5.91 Å². The van der Waals surface area contributed by atoms with Crippen molar-refractivity contribution >= 4 is 17.6 Å². The highest BCUT2D eigenvalue weighted by Gasteiger charge is 2.31. The van der Waals surface area contributed by atoms with E-state index in [1.165, 1.54) is 5.69 Å². The van der Waals surface area contributed by atoms with E-state index in [1.54, 1.807) is 7.11 Å². The van der Waals surface area contributed by atoms with Crippen LogP contribution in [-0.4, -0.2) is 93.8 Å². The number of amides is 1. The molecule has 4 rings (SSSR count). The number of carbonyl (C=O) groups is 1. The van der Waals surface area contributed by atoms with E-state index in [1.807, 2.05) is 17.0 Å². The Balaban J connectivity index is 1.29. The highest BCUT2D eigenvalue weighted by Crippen LogP contribution is 2.27. The van der Waals surface area contributed by atoms with Gasteiger partial charge in [0, 0.05) is 70.7 Å². The van der Waals surface area contributed by atoms with Gasteiger partial charge in [0.15, 0.2) is 5.96 Å². The molecule has 1 aromatic carbocycles. The summed E-state index contributed by atoms with van der Waals surface area (Å²) in [6.45, 7) is 9.62. The molecule has 3 heterocycles. The van der Waals surface area contributed by atoms with E-state index >= 15 is 0 Å². The van der Waals surface area contributed by atoms with Gasteiger partial charge >= 0.3 is 0 Å². The lowest BCUT2D eigenvalue weighted by Gasteiger charge is -2.37. The first-order chi connectivity index (χ1) is 15.7. The summed E-state index contributed by atoms with van der Waals surface area (Å²) in [6.07, 6.45) is 2.77. The second-order valence-corrected chi connectivity index (χ2v) is 8.81. The van der Waals surface area contributed by atoms with Crippen molar-refractivity contribution in [1.29, 1.82) is 0 Å². The van der Waals surface area contributed by atoms with E-state index in [2.05, 4.69) is 34.2 Å². The normalized spacial score (nSPS) is 24.2. The van der Waals surface area contributed by atoms with Crippen LogP contribution in [0.15, 0.2) is 29.3 Å². The molecule has 8 heteroatoms. The van der Waals surface area contributed by atoms with Crippen LogP contribution in [0.2, 0.25) is 0 Å². The van der Waals surface area contributed by atoms with Gasteiger partial charge < -0.3 is 29.5 Å². The van der Waals surface area contributed by atoms with Crippen molar-refractivity contribution in [1.82, 2.24) is 15.1 Å². The fourth-order valence-electron chi connectivity index (χ4n) is 4.78. The zero-order valence-electron chi connectivity index (χ0n) is 19.5. The Bertz CT molecular complexity index is 788. The molecule has 1 N–H and O–H groups in total. The summed E-state index contributed by atoms with van der Waals surface area (Å²) in [5.74, 6) is 2.57. The predicted octanol–water partition coefficient (Wildman–Crippen LogP) is 1.81. The Morgan fingerprint density at radius 3 is 2.72 bits per heavy atom.